The molecule has 7 amide bonds. The van der Waals surface area contributed by atoms with Crippen molar-refractivity contribution >= 4 is 59.9 Å². The molecule has 0 aliphatic heterocycles. The van der Waals surface area contributed by atoms with Crippen molar-refractivity contribution in [3.8, 4) is 0 Å². The molecule has 0 saturated heterocycles. The van der Waals surface area contributed by atoms with Crippen molar-refractivity contribution in [2.45, 2.75) is 110 Å². The number of primary amides is 1. The lowest BCUT2D eigenvalue weighted by atomic mass is 9.94. The monoisotopic (exact) mass is 749 g/mol. The topological polar surface area (TPSA) is 255 Å². The summed E-state index contributed by atoms with van der Waals surface area (Å²) in [6.45, 7) is 11.9. The van der Waals surface area contributed by atoms with Gasteiger partial charge in [-0.3, -0.25) is 38.4 Å². The van der Waals surface area contributed by atoms with Crippen LogP contribution in [0.2, 0.25) is 0 Å². The van der Waals surface area contributed by atoms with Crippen LogP contribution in [-0.4, -0.2) is 94.4 Å². The lowest BCUT2D eigenvalue weighted by molar-refractivity contribution is -0.141. The number of aliphatic carboxylic acids is 1. The van der Waals surface area contributed by atoms with E-state index in [-0.39, 0.29) is 18.1 Å². The smallest absolute Gasteiger partial charge is 0.305 e. The van der Waals surface area contributed by atoms with Crippen molar-refractivity contribution in [3.63, 3.8) is 0 Å². The Morgan fingerprint density at radius 2 is 1.10 bits per heavy atom. The summed E-state index contributed by atoms with van der Waals surface area (Å²) in [6.07, 6.45) is 0.0795. The van der Waals surface area contributed by atoms with Gasteiger partial charge in [0.15, 0.2) is 0 Å². The largest absolute Gasteiger partial charge is 0.481 e. The molecule has 1 aromatic carbocycles. The first-order valence-corrected chi connectivity index (χ1v) is 17.9. The van der Waals surface area contributed by atoms with E-state index in [2.05, 4.69) is 44.5 Å². The van der Waals surface area contributed by atoms with Crippen molar-refractivity contribution in [1.82, 2.24) is 31.9 Å². The molecule has 0 fully saturated rings. The number of benzene rings is 1. The molecule has 8 unspecified atom stereocenters. The summed E-state index contributed by atoms with van der Waals surface area (Å²) in [5, 5.41) is 24.9. The molecular weight excluding hydrogens is 694 g/mol. The highest BCUT2D eigenvalue weighted by atomic mass is 32.1. The maximum absolute atomic E-state index is 13.9. The first-order valence-electron chi connectivity index (χ1n) is 17.3. The van der Waals surface area contributed by atoms with Gasteiger partial charge >= 0.3 is 5.97 Å². The third-order valence-electron chi connectivity index (χ3n) is 8.66. The molecule has 0 aliphatic carbocycles. The Bertz CT molecular complexity index is 1410. The summed E-state index contributed by atoms with van der Waals surface area (Å²) < 4.78 is 0. The highest BCUT2D eigenvalue weighted by Crippen LogP contribution is 2.14. The van der Waals surface area contributed by atoms with Crippen LogP contribution in [0.5, 0.6) is 0 Å². The van der Waals surface area contributed by atoms with Crippen LogP contribution in [0.15, 0.2) is 30.3 Å². The Hall–Kier alpha value is -4.67. The Morgan fingerprint density at radius 1 is 0.654 bits per heavy atom. The summed E-state index contributed by atoms with van der Waals surface area (Å²) in [5.74, 6) is -7.93. The number of nitrogens with two attached hydrogens (primary N) is 1. The summed E-state index contributed by atoms with van der Waals surface area (Å²) in [5.41, 5.74) is 5.89. The number of thiol groups is 1. The number of carboxylic acid groups (broad SMARTS) is 1. The van der Waals surface area contributed by atoms with Gasteiger partial charge < -0.3 is 42.7 Å². The minimum Gasteiger partial charge on any atom is -0.481 e. The Morgan fingerprint density at radius 3 is 1.56 bits per heavy atom. The number of hydrogen-bond donors (Lipinski definition) is 9. The van der Waals surface area contributed by atoms with Crippen LogP contribution < -0.4 is 37.6 Å². The number of carboxylic acids is 1. The zero-order valence-electron chi connectivity index (χ0n) is 30.9. The molecule has 0 heterocycles. The van der Waals surface area contributed by atoms with Crippen molar-refractivity contribution < 1.29 is 43.5 Å². The van der Waals surface area contributed by atoms with Gasteiger partial charge in [0.05, 0.1) is 6.42 Å². The van der Waals surface area contributed by atoms with Crippen molar-refractivity contribution in [3.05, 3.63) is 35.9 Å². The van der Waals surface area contributed by atoms with Crippen LogP contribution in [0, 0.1) is 17.8 Å². The van der Waals surface area contributed by atoms with Crippen molar-refractivity contribution in [2.75, 3.05) is 5.75 Å². The van der Waals surface area contributed by atoms with Crippen LogP contribution in [0.4, 0.5) is 0 Å². The minimum atomic E-state index is -1.65. The summed E-state index contributed by atoms with van der Waals surface area (Å²) in [6, 6.07) is 1.17. The van der Waals surface area contributed by atoms with Gasteiger partial charge in [-0.15, -0.1) is 0 Å². The normalized spacial score (nSPS) is 15.6. The second kappa shape index (κ2) is 22.3. The summed E-state index contributed by atoms with van der Waals surface area (Å²) in [4.78, 5) is 103. The molecule has 0 radical (unpaired) electrons. The van der Waals surface area contributed by atoms with Gasteiger partial charge in [0, 0.05) is 19.1 Å². The summed E-state index contributed by atoms with van der Waals surface area (Å²) >= 11 is 3.97. The zero-order chi connectivity index (χ0) is 39.7. The standard InChI is InChI=1S/C35H55N7O9S/c1-8-19(5)28(37-21(7)43)35(51)41-27(18(3)4)33(49)42-29(20(6)9-2)34(50)39-23(15-22-13-11-10-12-14-22)31(47)38-24(16-26(44)45)32(48)40-25(17-52)30(36)46/h10-14,18-20,23-25,27-29,52H,8-9,15-17H2,1-7H3,(H2,36,46)(H,37,43)(H,38,47)(H,39,50)(H,40,48)(H,41,51)(H,42,49)(H,44,45). The molecule has 1 aromatic rings. The zero-order valence-corrected chi connectivity index (χ0v) is 31.8. The lowest BCUT2D eigenvalue weighted by Gasteiger charge is -2.31. The van der Waals surface area contributed by atoms with E-state index < -0.39 is 102 Å². The molecule has 0 aromatic heterocycles. The van der Waals surface area contributed by atoms with Crippen LogP contribution >= 0.6 is 12.6 Å². The number of rotatable bonds is 22. The van der Waals surface area contributed by atoms with E-state index in [4.69, 9.17) is 5.73 Å². The van der Waals surface area contributed by atoms with E-state index in [0.717, 1.165) is 0 Å². The molecule has 16 nitrogen and oxygen atoms in total. The molecule has 0 bridgehead atoms. The van der Waals surface area contributed by atoms with Crippen LogP contribution in [0.1, 0.15) is 73.3 Å². The Labute approximate surface area is 310 Å². The maximum atomic E-state index is 13.9. The fourth-order valence-electron chi connectivity index (χ4n) is 5.10. The number of amides is 7. The second-order valence-electron chi connectivity index (χ2n) is 13.2. The van der Waals surface area contributed by atoms with E-state index in [1.54, 1.807) is 65.0 Å². The van der Waals surface area contributed by atoms with E-state index in [9.17, 15) is 43.5 Å². The van der Waals surface area contributed by atoms with E-state index in [0.29, 0.717) is 18.4 Å². The predicted molar refractivity (Wildman–Crippen MR) is 196 cm³/mol. The molecule has 8 atom stereocenters. The molecule has 9 N–H and O–H groups in total. The fraction of sp³-hybridized carbons (Fsp3) is 0.600. The van der Waals surface area contributed by atoms with Crippen LogP contribution in [0.25, 0.3) is 0 Å². The van der Waals surface area contributed by atoms with Crippen molar-refractivity contribution in [2.24, 2.45) is 23.5 Å². The highest BCUT2D eigenvalue weighted by Gasteiger charge is 2.36. The van der Waals surface area contributed by atoms with E-state index in [1.807, 2.05) is 6.92 Å². The lowest BCUT2D eigenvalue weighted by Crippen LogP contribution is -2.62. The number of carbonyl (C=O) groups excluding carboxylic acids is 7. The average Bonchev–Trinajstić information content (AvgIpc) is 3.08. The van der Waals surface area contributed by atoms with Gasteiger partial charge in [0.1, 0.15) is 36.3 Å². The summed E-state index contributed by atoms with van der Waals surface area (Å²) in [7, 11) is 0. The molecule has 52 heavy (non-hydrogen) atoms. The van der Waals surface area contributed by atoms with Gasteiger partial charge in [0.2, 0.25) is 41.4 Å². The average molecular weight is 750 g/mol. The van der Waals surface area contributed by atoms with Gasteiger partial charge in [0.25, 0.3) is 0 Å². The van der Waals surface area contributed by atoms with E-state index in [1.165, 1.54) is 6.92 Å². The predicted octanol–water partition coefficient (Wildman–Crippen LogP) is -0.204. The van der Waals surface area contributed by atoms with E-state index >= 15 is 0 Å². The van der Waals surface area contributed by atoms with Gasteiger partial charge in [-0.25, -0.2) is 0 Å². The third-order valence-corrected chi connectivity index (χ3v) is 9.03. The van der Waals surface area contributed by atoms with Crippen LogP contribution in [-0.2, 0) is 44.8 Å². The first kappa shape index (κ1) is 45.4. The Kier molecular flexibility index (Phi) is 19.5. The molecule has 0 spiro atoms. The van der Waals surface area contributed by atoms with Crippen molar-refractivity contribution in [1.29, 1.82) is 0 Å². The molecule has 17 heteroatoms. The highest BCUT2D eigenvalue weighted by molar-refractivity contribution is 7.80. The maximum Gasteiger partial charge on any atom is 0.305 e. The first-order chi connectivity index (χ1) is 24.4. The fourth-order valence-corrected chi connectivity index (χ4v) is 5.37. The second-order valence-corrected chi connectivity index (χ2v) is 13.6. The SMILES string of the molecule is CCC(C)C(NC(C)=O)C(=O)NC(C(=O)NC(C(=O)NC(Cc1ccccc1)C(=O)NC(CC(=O)O)C(=O)NC(CS)C(N)=O)C(C)CC)C(C)C. The van der Waals surface area contributed by atoms with Gasteiger partial charge in [-0.05, 0) is 23.3 Å². The third kappa shape index (κ3) is 14.9. The number of hydrogen-bond acceptors (Lipinski definition) is 9. The van der Waals surface area contributed by atoms with Crippen LogP contribution in [0.3, 0.4) is 0 Å². The van der Waals surface area contributed by atoms with Gasteiger partial charge in [-0.1, -0.05) is 84.7 Å². The number of nitrogens with one attached hydrogen (secondary N) is 6. The molecule has 1 rings (SSSR count). The number of carbonyl (C=O) groups is 8. The minimum absolute atomic E-state index is 0.0770. The Balaban J connectivity index is 3.40. The molecule has 0 saturated carbocycles. The molecule has 0 aliphatic rings. The molecule has 290 valence electrons. The molecular formula is C35H55N7O9S. The van der Waals surface area contributed by atoms with Gasteiger partial charge in [-0.2, -0.15) is 12.6 Å². The quantitative estimate of drug-likeness (QED) is 0.0711.